The van der Waals surface area contributed by atoms with Gasteiger partial charge in [-0.2, -0.15) is 0 Å². The van der Waals surface area contributed by atoms with E-state index in [1.807, 2.05) is 32.3 Å². The molecule has 82 valence electrons. The van der Waals surface area contributed by atoms with Gasteiger partial charge in [0, 0.05) is 30.2 Å². The molecule has 1 unspecified atom stereocenters. The first-order chi connectivity index (χ1) is 7.22. The summed E-state index contributed by atoms with van der Waals surface area (Å²) in [7, 11) is 3.67. The number of carbonyl (C=O) groups is 1. The highest BCUT2D eigenvalue weighted by molar-refractivity contribution is 6.30. The van der Waals surface area contributed by atoms with Crippen LogP contribution in [0.5, 0.6) is 0 Å². The molecule has 2 N–H and O–H groups in total. The second-order valence-electron chi connectivity index (χ2n) is 3.23. The van der Waals surface area contributed by atoms with Gasteiger partial charge in [0.25, 0.3) is 0 Å². The Morgan fingerprint density at radius 2 is 2.20 bits per heavy atom. The van der Waals surface area contributed by atoms with Gasteiger partial charge in [-0.05, 0) is 24.7 Å². The lowest BCUT2D eigenvalue weighted by molar-refractivity contribution is -0.108. The van der Waals surface area contributed by atoms with Crippen LogP contribution in [0.2, 0.25) is 5.02 Å². The van der Waals surface area contributed by atoms with Crippen LogP contribution in [0.15, 0.2) is 18.2 Å². The Kier molecular flexibility index (Phi) is 4.59. The molecule has 0 spiro atoms. The van der Waals surface area contributed by atoms with Crippen molar-refractivity contribution >= 4 is 23.6 Å². The quantitative estimate of drug-likeness (QED) is 0.757. The summed E-state index contributed by atoms with van der Waals surface area (Å²) >= 11 is 5.89. The molecule has 0 aliphatic carbocycles. The number of halogens is 1. The fraction of sp³-hybridized carbons (Fsp3) is 0.364. The zero-order valence-electron chi connectivity index (χ0n) is 8.88. The van der Waals surface area contributed by atoms with Crippen molar-refractivity contribution in [2.75, 3.05) is 19.4 Å². The van der Waals surface area contributed by atoms with Gasteiger partial charge >= 0.3 is 0 Å². The molecule has 0 aliphatic heterocycles. The zero-order valence-corrected chi connectivity index (χ0v) is 9.64. The van der Waals surface area contributed by atoms with E-state index in [-0.39, 0.29) is 6.04 Å². The summed E-state index contributed by atoms with van der Waals surface area (Å²) in [6, 6.07) is 5.64. The molecule has 1 aromatic carbocycles. The maximum atomic E-state index is 10.5. The number of hydrogen-bond acceptors (Lipinski definition) is 3. The summed E-state index contributed by atoms with van der Waals surface area (Å²) in [5, 5.41) is 6.85. The minimum absolute atomic E-state index is 0.0298. The van der Waals surface area contributed by atoms with Crippen LogP contribution in [0, 0.1) is 0 Å². The normalized spacial score (nSPS) is 12.2. The Bertz CT molecular complexity index is 341. The fourth-order valence-electron chi connectivity index (χ4n) is 1.55. The average Bonchev–Trinajstić information content (AvgIpc) is 2.26. The van der Waals surface area contributed by atoms with E-state index < -0.39 is 0 Å². The van der Waals surface area contributed by atoms with E-state index in [4.69, 9.17) is 11.6 Å². The lowest BCUT2D eigenvalue weighted by atomic mass is 10.0. The predicted octanol–water partition coefficient (Wildman–Crippen LogP) is 2.23. The van der Waals surface area contributed by atoms with Gasteiger partial charge < -0.3 is 15.4 Å². The number of rotatable bonds is 5. The number of benzene rings is 1. The summed E-state index contributed by atoms with van der Waals surface area (Å²) in [5.74, 6) is 0. The maximum absolute atomic E-state index is 10.5. The topological polar surface area (TPSA) is 41.1 Å². The molecule has 0 aliphatic rings. The molecule has 4 heteroatoms. The highest BCUT2D eigenvalue weighted by Crippen LogP contribution is 2.27. The van der Waals surface area contributed by atoms with Crippen molar-refractivity contribution in [3.8, 4) is 0 Å². The lowest BCUT2D eigenvalue weighted by Gasteiger charge is -2.17. The standard InChI is InChI=1S/C11H15ClN2O/c1-13-10(5-6-15)9-4-3-8(12)7-11(9)14-2/h3-4,6-7,10,13-14H,5H2,1-2H3. The monoisotopic (exact) mass is 226 g/mol. The van der Waals surface area contributed by atoms with Crippen molar-refractivity contribution in [2.24, 2.45) is 0 Å². The Morgan fingerprint density at radius 3 is 2.73 bits per heavy atom. The summed E-state index contributed by atoms with van der Waals surface area (Å²) in [5.41, 5.74) is 2.00. The molecule has 0 bridgehead atoms. The predicted molar refractivity (Wildman–Crippen MR) is 63.5 cm³/mol. The number of aldehydes is 1. The average molecular weight is 227 g/mol. The first-order valence-electron chi connectivity index (χ1n) is 4.81. The molecular weight excluding hydrogens is 212 g/mol. The van der Waals surface area contributed by atoms with E-state index in [0.717, 1.165) is 17.5 Å². The van der Waals surface area contributed by atoms with Gasteiger partial charge in [-0.25, -0.2) is 0 Å². The van der Waals surface area contributed by atoms with E-state index in [2.05, 4.69) is 10.6 Å². The molecule has 15 heavy (non-hydrogen) atoms. The third-order valence-corrected chi connectivity index (χ3v) is 2.58. The van der Waals surface area contributed by atoms with Crippen LogP contribution >= 0.6 is 11.6 Å². The van der Waals surface area contributed by atoms with Crippen LogP contribution in [-0.2, 0) is 4.79 Å². The Morgan fingerprint density at radius 1 is 1.47 bits per heavy atom. The zero-order chi connectivity index (χ0) is 11.3. The van der Waals surface area contributed by atoms with E-state index in [1.165, 1.54) is 0 Å². The second-order valence-corrected chi connectivity index (χ2v) is 3.66. The van der Waals surface area contributed by atoms with Crippen molar-refractivity contribution in [3.63, 3.8) is 0 Å². The third kappa shape index (κ3) is 2.94. The van der Waals surface area contributed by atoms with Crippen LogP contribution in [0.4, 0.5) is 5.69 Å². The van der Waals surface area contributed by atoms with Crippen LogP contribution in [0.3, 0.4) is 0 Å². The van der Waals surface area contributed by atoms with Crippen molar-refractivity contribution < 1.29 is 4.79 Å². The summed E-state index contributed by atoms with van der Waals surface area (Å²) in [6.07, 6.45) is 1.36. The van der Waals surface area contributed by atoms with Gasteiger partial charge in [0.15, 0.2) is 0 Å². The molecule has 1 atom stereocenters. The maximum Gasteiger partial charge on any atom is 0.121 e. The molecule has 0 amide bonds. The van der Waals surface area contributed by atoms with Gasteiger partial charge in [-0.1, -0.05) is 17.7 Å². The second kappa shape index (κ2) is 5.73. The smallest absolute Gasteiger partial charge is 0.121 e. The number of nitrogens with one attached hydrogen (secondary N) is 2. The van der Waals surface area contributed by atoms with Crippen molar-refractivity contribution in [1.29, 1.82) is 0 Å². The fourth-order valence-corrected chi connectivity index (χ4v) is 1.72. The molecule has 1 aromatic rings. The molecule has 1 rings (SSSR count). The minimum Gasteiger partial charge on any atom is -0.388 e. The number of carbonyl (C=O) groups excluding carboxylic acids is 1. The van der Waals surface area contributed by atoms with Gasteiger partial charge in [-0.3, -0.25) is 0 Å². The molecule has 0 heterocycles. The first kappa shape index (κ1) is 12.0. The van der Waals surface area contributed by atoms with E-state index in [0.29, 0.717) is 11.4 Å². The molecule has 0 saturated carbocycles. The summed E-state index contributed by atoms with van der Waals surface area (Å²) in [4.78, 5) is 10.5. The van der Waals surface area contributed by atoms with Crippen LogP contribution in [-0.4, -0.2) is 20.4 Å². The molecule has 3 nitrogen and oxygen atoms in total. The van der Waals surface area contributed by atoms with Gasteiger partial charge in [-0.15, -0.1) is 0 Å². The molecular formula is C11H15ClN2O. The largest absolute Gasteiger partial charge is 0.388 e. The van der Waals surface area contributed by atoms with Gasteiger partial charge in [0.05, 0.1) is 0 Å². The van der Waals surface area contributed by atoms with Crippen LogP contribution in [0.25, 0.3) is 0 Å². The molecule has 0 aromatic heterocycles. The van der Waals surface area contributed by atoms with Crippen molar-refractivity contribution in [2.45, 2.75) is 12.5 Å². The van der Waals surface area contributed by atoms with Crippen LogP contribution < -0.4 is 10.6 Å². The highest BCUT2D eigenvalue weighted by atomic mass is 35.5. The summed E-state index contributed by atoms with van der Waals surface area (Å²) < 4.78 is 0. The van der Waals surface area contributed by atoms with Crippen molar-refractivity contribution in [1.82, 2.24) is 5.32 Å². The van der Waals surface area contributed by atoms with Crippen molar-refractivity contribution in [3.05, 3.63) is 28.8 Å². The Hall–Kier alpha value is -1.06. The number of hydrogen-bond donors (Lipinski definition) is 2. The molecule has 0 fully saturated rings. The highest BCUT2D eigenvalue weighted by Gasteiger charge is 2.12. The van der Waals surface area contributed by atoms with E-state index >= 15 is 0 Å². The van der Waals surface area contributed by atoms with E-state index in [1.54, 1.807) is 0 Å². The van der Waals surface area contributed by atoms with Gasteiger partial charge in [0.1, 0.15) is 6.29 Å². The SMILES string of the molecule is CNc1cc(Cl)ccc1C(CC=O)NC. The first-order valence-corrected chi connectivity index (χ1v) is 5.18. The minimum atomic E-state index is 0.0298. The van der Waals surface area contributed by atoms with E-state index in [9.17, 15) is 4.79 Å². The number of anilines is 1. The lowest BCUT2D eigenvalue weighted by Crippen LogP contribution is -2.18. The summed E-state index contributed by atoms with van der Waals surface area (Å²) in [6.45, 7) is 0. The Labute approximate surface area is 94.8 Å². The van der Waals surface area contributed by atoms with Gasteiger partial charge in [0.2, 0.25) is 0 Å². The van der Waals surface area contributed by atoms with Crippen LogP contribution in [0.1, 0.15) is 18.0 Å². The molecule has 0 radical (unpaired) electrons. The molecule has 0 saturated heterocycles. The third-order valence-electron chi connectivity index (χ3n) is 2.34. The Balaban J connectivity index is 3.04.